The third kappa shape index (κ3) is 4.40. The van der Waals surface area contributed by atoms with E-state index in [4.69, 9.17) is 4.43 Å². The molecule has 4 aliphatic carbocycles. The fourth-order valence-corrected chi connectivity index (χ4v) is 10.1. The molecule has 0 N–H and O–H groups in total. The number of hydrogen-bond donors (Lipinski definition) is 0. The quantitative estimate of drug-likeness (QED) is 0.373. The predicted molar refractivity (Wildman–Crippen MR) is 152 cm³/mol. The topological polar surface area (TPSA) is 26.3 Å². The van der Waals surface area contributed by atoms with E-state index in [1.165, 1.54) is 43.2 Å². The Bertz CT molecular complexity index is 1000. The van der Waals surface area contributed by atoms with Crippen LogP contribution in [0.15, 0.2) is 42.0 Å². The van der Waals surface area contributed by atoms with Gasteiger partial charge in [-0.3, -0.25) is 4.79 Å². The van der Waals surface area contributed by atoms with Gasteiger partial charge in [-0.2, -0.15) is 0 Å². The molecule has 0 heterocycles. The summed E-state index contributed by atoms with van der Waals surface area (Å²) < 4.78 is 7.21. The van der Waals surface area contributed by atoms with Gasteiger partial charge >= 0.3 is 0 Å². The first kappa shape index (κ1) is 26.4. The maximum absolute atomic E-state index is 12.5. The Morgan fingerprint density at radius 1 is 1.00 bits per heavy atom. The lowest BCUT2D eigenvalue weighted by molar-refractivity contribution is -0.119. The summed E-state index contributed by atoms with van der Waals surface area (Å²) in [5.74, 6) is 3.28. The summed E-state index contributed by atoms with van der Waals surface area (Å²) in [6.45, 7) is 17.1. The SMILES string of the molecule is CC(C)(C)[Si](C)(C)O[C@H]1CC[C@H]2[C@@H]3[C@H](CCc4ccccc4)CC4=CC(=O)CC[C@]4(C)[C@H]3CC[C@]12C. The lowest BCUT2D eigenvalue weighted by Crippen LogP contribution is -2.56. The van der Waals surface area contributed by atoms with Gasteiger partial charge in [-0.1, -0.05) is 70.5 Å². The van der Waals surface area contributed by atoms with Gasteiger partial charge in [0.2, 0.25) is 0 Å². The molecule has 36 heavy (non-hydrogen) atoms. The number of benzene rings is 1. The first-order valence-corrected chi connectivity index (χ1v) is 17.7. The molecular formula is C33H50O2Si. The highest BCUT2D eigenvalue weighted by Crippen LogP contribution is 2.67. The van der Waals surface area contributed by atoms with Crippen LogP contribution < -0.4 is 0 Å². The number of ketones is 1. The summed E-state index contributed by atoms with van der Waals surface area (Å²) in [6, 6.07) is 11.1. The van der Waals surface area contributed by atoms with Crippen molar-refractivity contribution in [3.8, 4) is 0 Å². The Balaban J connectivity index is 1.46. The van der Waals surface area contributed by atoms with Crippen molar-refractivity contribution in [2.24, 2.45) is 34.5 Å². The molecule has 3 fully saturated rings. The van der Waals surface area contributed by atoms with Crippen molar-refractivity contribution in [2.45, 2.75) is 117 Å². The number of aryl methyl sites for hydroxylation is 1. The van der Waals surface area contributed by atoms with Crippen LogP contribution in [0.25, 0.3) is 0 Å². The first-order valence-electron chi connectivity index (χ1n) is 14.8. The van der Waals surface area contributed by atoms with Gasteiger partial charge in [0, 0.05) is 6.42 Å². The summed E-state index contributed by atoms with van der Waals surface area (Å²) in [4.78, 5) is 12.5. The third-order valence-corrected chi connectivity index (χ3v) is 16.4. The zero-order chi connectivity index (χ0) is 25.9. The van der Waals surface area contributed by atoms with Crippen molar-refractivity contribution in [3.05, 3.63) is 47.5 Å². The Labute approximate surface area is 221 Å². The summed E-state index contributed by atoms with van der Waals surface area (Å²) in [7, 11) is -1.81. The molecule has 3 saturated carbocycles. The van der Waals surface area contributed by atoms with Gasteiger partial charge in [0.15, 0.2) is 14.1 Å². The molecule has 0 bridgehead atoms. The predicted octanol–water partition coefficient (Wildman–Crippen LogP) is 8.77. The van der Waals surface area contributed by atoms with Crippen molar-refractivity contribution in [2.75, 3.05) is 0 Å². The summed E-state index contributed by atoms with van der Waals surface area (Å²) >= 11 is 0. The highest BCUT2D eigenvalue weighted by atomic mass is 28.4. The van der Waals surface area contributed by atoms with Gasteiger partial charge in [-0.05, 0) is 116 Å². The van der Waals surface area contributed by atoms with Gasteiger partial charge < -0.3 is 4.43 Å². The second kappa shape index (κ2) is 9.22. The molecule has 3 heteroatoms. The number of rotatable bonds is 5. The fraction of sp³-hybridized carbons (Fsp3) is 0.727. The molecule has 0 spiro atoms. The lowest BCUT2D eigenvalue weighted by Gasteiger charge is -2.61. The molecule has 7 atom stereocenters. The molecule has 0 aliphatic heterocycles. The molecule has 0 unspecified atom stereocenters. The summed E-state index contributed by atoms with van der Waals surface area (Å²) in [5, 5.41) is 0.253. The van der Waals surface area contributed by atoms with Crippen LogP contribution >= 0.6 is 0 Å². The van der Waals surface area contributed by atoms with E-state index in [1.54, 1.807) is 0 Å². The summed E-state index contributed by atoms with van der Waals surface area (Å²) in [6.07, 6.45) is 13.0. The first-order chi connectivity index (χ1) is 16.8. The zero-order valence-corrected chi connectivity index (χ0v) is 25.0. The standard InChI is InChI=1S/C33H50O2Si/c1-31(2,3)36(6,7)35-29-16-15-27-30-24(14-13-23-11-9-8-10-12-23)21-25-22-26(34)17-19-32(25,4)28(30)18-20-33(27,29)5/h8-12,22,24,27-30H,13-21H2,1-7H3/t24-,27+,28+,29+,30+,32+,33+/m1/s1. The maximum Gasteiger partial charge on any atom is 0.192 e. The Kier molecular flexibility index (Phi) is 6.77. The number of allylic oxidation sites excluding steroid dienone is 1. The molecule has 0 amide bonds. The normalized spacial score (nSPS) is 38.7. The maximum atomic E-state index is 12.5. The average Bonchev–Trinajstić information content (AvgIpc) is 3.14. The van der Waals surface area contributed by atoms with Crippen LogP contribution in [0, 0.1) is 34.5 Å². The van der Waals surface area contributed by atoms with Crippen molar-refractivity contribution >= 4 is 14.1 Å². The summed E-state index contributed by atoms with van der Waals surface area (Å²) in [5.41, 5.74) is 3.47. The molecule has 198 valence electrons. The van der Waals surface area contributed by atoms with Crippen LogP contribution in [0.5, 0.6) is 0 Å². The Morgan fingerprint density at radius 3 is 2.42 bits per heavy atom. The minimum absolute atomic E-state index is 0.224. The van der Waals surface area contributed by atoms with Gasteiger partial charge in [0.1, 0.15) is 0 Å². The molecule has 4 aliphatic rings. The molecule has 0 aromatic heterocycles. The van der Waals surface area contributed by atoms with Crippen LogP contribution in [0.4, 0.5) is 0 Å². The molecular weight excluding hydrogens is 456 g/mol. The van der Waals surface area contributed by atoms with E-state index in [9.17, 15) is 4.79 Å². The van der Waals surface area contributed by atoms with Crippen LogP contribution in [0.2, 0.25) is 18.1 Å². The van der Waals surface area contributed by atoms with E-state index in [2.05, 4.69) is 84.1 Å². The average molecular weight is 507 g/mol. The molecule has 0 radical (unpaired) electrons. The number of fused-ring (bicyclic) bond motifs is 5. The smallest absolute Gasteiger partial charge is 0.192 e. The monoisotopic (exact) mass is 506 g/mol. The zero-order valence-electron chi connectivity index (χ0n) is 24.0. The lowest BCUT2D eigenvalue weighted by atomic mass is 9.44. The second-order valence-corrected chi connectivity index (χ2v) is 19.6. The van der Waals surface area contributed by atoms with Crippen molar-refractivity contribution in [1.82, 2.24) is 0 Å². The third-order valence-electron chi connectivity index (χ3n) is 11.9. The molecule has 5 rings (SSSR count). The van der Waals surface area contributed by atoms with E-state index >= 15 is 0 Å². The van der Waals surface area contributed by atoms with Crippen LogP contribution in [0.3, 0.4) is 0 Å². The van der Waals surface area contributed by atoms with E-state index in [1.807, 2.05) is 0 Å². The second-order valence-electron chi connectivity index (χ2n) is 14.8. The van der Waals surface area contributed by atoms with Crippen molar-refractivity contribution in [3.63, 3.8) is 0 Å². The van der Waals surface area contributed by atoms with Gasteiger partial charge in [0.25, 0.3) is 0 Å². The number of carbonyl (C=O) groups is 1. The van der Waals surface area contributed by atoms with E-state index in [-0.39, 0.29) is 10.5 Å². The van der Waals surface area contributed by atoms with Crippen LogP contribution in [-0.2, 0) is 15.6 Å². The van der Waals surface area contributed by atoms with E-state index in [0.717, 1.165) is 43.4 Å². The minimum atomic E-state index is -1.81. The number of hydrogen-bond acceptors (Lipinski definition) is 2. The van der Waals surface area contributed by atoms with E-state index < -0.39 is 8.32 Å². The van der Waals surface area contributed by atoms with E-state index in [0.29, 0.717) is 23.2 Å². The highest BCUT2D eigenvalue weighted by molar-refractivity contribution is 6.74. The molecule has 1 aromatic carbocycles. The van der Waals surface area contributed by atoms with Gasteiger partial charge in [0.05, 0.1) is 6.10 Å². The van der Waals surface area contributed by atoms with Crippen LogP contribution in [-0.4, -0.2) is 20.2 Å². The molecule has 1 aromatic rings. The molecule has 0 saturated heterocycles. The van der Waals surface area contributed by atoms with Crippen LogP contribution in [0.1, 0.15) is 91.5 Å². The van der Waals surface area contributed by atoms with Gasteiger partial charge in [-0.15, -0.1) is 0 Å². The van der Waals surface area contributed by atoms with Crippen molar-refractivity contribution < 1.29 is 9.22 Å². The fourth-order valence-electron chi connectivity index (χ4n) is 8.67. The highest BCUT2D eigenvalue weighted by Gasteiger charge is 2.62. The minimum Gasteiger partial charge on any atom is -0.413 e. The van der Waals surface area contributed by atoms with Gasteiger partial charge in [-0.25, -0.2) is 0 Å². The molecule has 2 nitrogen and oxygen atoms in total. The van der Waals surface area contributed by atoms with Crippen molar-refractivity contribution in [1.29, 1.82) is 0 Å². The Hall–Kier alpha value is -1.19. The number of carbonyl (C=O) groups excluding carboxylic acids is 1. The Morgan fingerprint density at radius 2 is 1.72 bits per heavy atom. The largest absolute Gasteiger partial charge is 0.413 e.